The maximum absolute atomic E-state index is 12.4. The molecule has 1 radical (unpaired) electrons. The second-order valence-corrected chi connectivity index (χ2v) is 7.67. The second-order valence-electron chi connectivity index (χ2n) is 7.67. The number of ketones is 2. The van der Waals surface area contributed by atoms with Crippen molar-refractivity contribution in [3.63, 3.8) is 0 Å². The molecule has 0 bridgehead atoms. The first-order valence-electron chi connectivity index (χ1n) is 9.87. The number of furan rings is 1. The van der Waals surface area contributed by atoms with Crippen LogP contribution < -0.4 is 0 Å². The van der Waals surface area contributed by atoms with Crippen LogP contribution in [0.3, 0.4) is 0 Å². The minimum atomic E-state index is -0.501. The summed E-state index contributed by atoms with van der Waals surface area (Å²) in [6.45, 7) is 0.668. The largest absolute Gasteiger partial charge is 0.593 e. The van der Waals surface area contributed by atoms with Gasteiger partial charge < -0.3 is 14.3 Å². The molecule has 2 aromatic heterocycles. The van der Waals surface area contributed by atoms with E-state index in [9.17, 15) is 14.7 Å². The number of aryl methyl sites for hydroxylation is 1. The number of aromatic nitrogens is 1. The summed E-state index contributed by atoms with van der Waals surface area (Å²) in [5.74, 6) is -0.302. The Morgan fingerprint density at radius 2 is 2.17 bits per heavy atom. The first kappa shape index (κ1) is 22.5. The van der Waals surface area contributed by atoms with Crippen molar-refractivity contribution in [1.29, 1.82) is 0 Å². The Morgan fingerprint density at radius 3 is 2.97 bits per heavy atom. The van der Waals surface area contributed by atoms with E-state index in [1.54, 1.807) is 18.3 Å². The Bertz CT molecular complexity index is 851. The van der Waals surface area contributed by atoms with Crippen LogP contribution in [0.5, 0.6) is 0 Å². The molecule has 0 aliphatic heterocycles. The minimum Gasteiger partial charge on any atom is -0.593 e. The Morgan fingerprint density at radius 1 is 1.31 bits per heavy atom. The molecule has 1 saturated carbocycles. The van der Waals surface area contributed by atoms with Crippen LogP contribution >= 0.6 is 0 Å². The number of hydrogen-bond acceptors (Lipinski definition) is 6. The molecule has 2 aliphatic rings. The molecule has 0 spiro atoms. The van der Waals surface area contributed by atoms with Crippen LogP contribution in [-0.2, 0) is 66.5 Å². The molecule has 29 heavy (non-hydrogen) atoms. The molecule has 0 saturated heterocycles. The van der Waals surface area contributed by atoms with E-state index in [4.69, 9.17) is 9.15 Å². The number of carbonyl (C=O) groups is 2. The molecule has 1 N–H and O–H groups in total. The maximum Gasteiger partial charge on any atom is 0.201 e. The quantitative estimate of drug-likeness (QED) is 0.494. The van der Waals surface area contributed by atoms with Gasteiger partial charge in [-0.05, 0) is 67.2 Å². The zero-order valence-corrected chi connectivity index (χ0v) is 19.1. The number of carbonyl (C=O) groups excluding carboxylic acids is 2. The van der Waals surface area contributed by atoms with Crippen molar-refractivity contribution in [2.45, 2.75) is 51.2 Å². The monoisotopic (exact) mass is 471 g/mol. The average Bonchev–Trinajstić information content (AvgIpc) is 3.30. The number of ether oxygens (including phenoxy) is 1. The molecule has 6 nitrogen and oxygen atoms in total. The number of rotatable bonds is 7. The normalized spacial score (nSPS) is 23.7. The Balaban J connectivity index is 0.00000240. The number of nitrogens with zero attached hydrogens (tertiary/aromatic N) is 1. The molecule has 1 fully saturated rings. The summed E-state index contributed by atoms with van der Waals surface area (Å²) in [6.07, 6.45) is 7.98. The molecule has 7 heteroatoms. The molecule has 1 unspecified atom stereocenters. The number of aliphatic hydroxyl groups is 1. The Kier molecular flexibility index (Phi) is 7.91. The van der Waals surface area contributed by atoms with Crippen LogP contribution in [0.1, 0.15) is 54.4 Å². The van der Waals surface area contributed by atoms with Gasteiger partial charge in [-0.2, -0.15) is 6.07 Å². The fourth-order valence-electron chi connectivity index (χ4n) is 4.38. The van der Waals surface area contributed by atoms with Gasteiger partial charge in [-0.15, -0.1) is 6.07 Å². The predicted octanol–water partition coefficient (Wildman–Crippen LogP) is 2.77. The van der Waals surface area contributed by atoms with E-state index in [1.807, 2.05) is 6.07 Å². The van der Waals surface area contributed by atoms with Gasteiger partial charge in [0.2, 0.25) is 5.78 Å². The van der Waals surface area contributed by atoms with Gasteiger partial charge in [0.25, 0.3) is 0 Å². The van der Waals surface area contributed by atoms with Gasteiger partial charge in [-0.1, -0.05) is 0 Å². The summed E-state index contributed by atoms with van der Waals surface area (Å²) < 4.78 is 10.8. The number of fused-ring (bicyclic) bond motifs is 1. The Labute approximate surface area is 195 Å². The van der Waals surface area contributed by atoms with Crippen molar-refractivity contribution in [2.24, 2.45) is 11.8 Å². The standard InChI is InChI=1S/C22H24NO5.Y/c24-19-5-1-4-17-14(8-9-23-21(17)19)6-7-18-15(11-20(25)22(18)26)12-27-13-16-3-2-10-28-16;/h2-3,8-9,15,18-19,24H,1,4-7,11-13H2;/q-1;/t15-,18-,19?;/m1./s1. The number of pyridine rings is 1. The summed E-state index contributed by atoms with van der Waals surface area (Å²) >= 11 is 0. The van der Waals surface area contributed by atoms with Crippen LogP contribution in [0.25, 0.3) is 0 Å². The van der Waals surface area contributed by atoms with Crippen LogP contribution in [-0.4, -0.2) is 28.3 Å². The zero-order chi connectivity index (χ0) is 19.5. The molecule has 3 atom stereocenters. The van der Waals surface area contributed by atoms with Crippen molar-refractivity contribution in [3.05, 3.63) is 53.2 Å². The van der Waals surface area contributed by atoms with Crippen molar-refractivity contribution < 1.29 is 56.6 Å². The van der Waals surface area contributed by atoms with Gasteiger partial charge >= 0.3 is 0 Å². The number of aliphatic hydroxyl groups excluding tert-OH is 1. The summed E-state index contributed by atoms with van der Waals surface area (Å²) in [5, 5.41) is 10.2. The fourth-order valence-corrected chi connectivity index (χ4v) is 4.38. The van der Waals surface area contributed by atoms with Crippen molar-refractivity contribution in [1.82, 2.24) is 4.98 Å². The van der Waals surface area contributed by atoms with E-state index in [-0.39, 0.29) is 62.5 Å². The van der Waals surface area contributed by atoms with Gasteiger partial charge in [0.05, 0.1) is 11.8 Å². The van der Waals surface area contributed by atoms with Gasteiger partial charge in [0.15, 0.2) is 5.78 Å². The van der Waals surface area contributed by atoms with Gasteiger partial charge in [-0.25, -0.2) is 0 Å². The predicted molar refractivity (Wildman–Crippen MR) is 99.3 cm³/mol. The Hall–Kier alpha value is -1.21. The first-order chi connectivity index (χ1) is 13.6. The van der Waals surface area contributed by atoms with E-state index in [0.29, 0.717) is 31.8 Å². The van der Waals surface area contributed by atoms with Crippen molar-refractivity contribution in [3.8, 4) is 0 Å². The molecular weight excluding hydrogens is 447 g/mol. The van der Waals surface area contributed by atoms with Crippen molar-refractivity contribution in [2.75, 3.05) is 6.61 Å². The second kappa shape index (κ2) is 10.2. The smallest absolute Gasteiger partial charge is 0.201 e. The third-order valence-corrected chi connectivity index (χ3v) is 5.86. The third kappa shape index (κ3) is 5.11. The van der Waals surface area contributed by atoms with Crippen LogP contribution in [0.4, 0.5) is 0 Å². The molecule has 4 rings (SSSR count). The summed E-state index contributed by atoms with van der Waals surface area (Å²) in [5.41, 5.74) is 3.01. The van der Waals surface area contributed by atoms with Gasteiger partial charge in [-0.3, -0.25) is 14.6 Å². The van der Waals surface area contributed by atoms with E-state index < -0.39 is 6.10 Å². The van der Waals surface area contributed by atoms with Crippen LogP contribution in [0.2, 0.25) is 0 Å². The zero-order valence-electron chi connectivity index (χ0n) is 16.3. The number of hydrogen-bond donors (Lipinski definition) is 1. The van der Waals surface area contributed by atoms with Gasteiger partial charge in [0, 0.05) is 64.5 Å². The minimum absolute atomic E-state index is 0. The third-order valence-electron chi connectivity index (χ3n) is 5.86. The van der Waals surface area contributed by atoms with Crippen LogP contribution in [0, 0.1) is 18.1 Å². The molecule has 2 aromatic rings. The van der Waals surface area contributed by atoms with Crippen molar-refractivity contribution >= 4 is 11.6 Å². The van der Waals surface area contributed by atoms with Crippen LogP contribution in [0.15, 0.2) is 28.8 Å². The molecule has 2 heterocycles. The maximum atomic E-state index is 12.4. The molecule has 2 aliphatic carbocycles. The van der Waals surface area contributed by atoms with E-state index >= 15 is 0 Å². The molecular formula is C22H24NO5Y-. The topological polar surface area (TPSA) is 89.6 Å². The summed E-state index contributed by atoms with van der Waals surface area (Å²) in [6, 6.07) is 5.43. The fraction of sp³-hybridized carbons (Fsp3) is 0.500. The van der Waals surface area contributed by atoms with E-state index in [2.05, 4.69) is 11.2 Å². The first-order valence-corrected chi connectivity index (χ1v) is 9.87. The summed E-state index contributed by atoms with van der Waals surface area (Å²) in [4.78, 5) is 28.7. The molecule has 151 valence electrons. The average molecular weight is 471 g/mol. The summed E-state index contributed by atoms with van der Waals surface area (Å²) in [7, 11) is 0. The molecule has 0 aromatic carbocycles. The van der Waals surface area contributed by atoms with Gasteiger partial charge in [0.1, 0.15) is 0 Å². The van der Waals surface area contributed by atoms with E-state index in [0.717, 1.165) is 36.1 Å². The molecule has 0 amide bonds. The number of Topliss-reactive ketones (excluding diaryl/α,β-unsaturated/α-hetero) is 2. The SMILES string of the molecule is O=C1C[C@H](COCc2cc[c-]o2)[C@@H](CCc2ccnc3c2CCCC3O)C1=O.[Y]. The van der Waals surface area contributed by atoms with E-state index in [1.165, 1.54) is 0 Å².